The first-order valence-corrected chi connectivity index (χ1v) is 16.1. The fourth-order valence-electron chi connectivity index (χ4n) is 4.82. The van der Waals surface area contributed by atoms with E-state index < -0.39 is 83.8 Å². The second kappa shape index (κ2) is 13.4. The third-order valence-corrected chi connectivity index (χ3v) is 9.58. The molecule has 2 aliphatic heterocycles. The number of aliphatic hydroxyl groups excluding tert-OH is 4. The molecule has 254 valence electrons. The number of nitrogen functional groups attached to an aromatic ring is 1. The number of ether oxygens (including phenoxy) is 2. The Morgan fingerprint density at radius 3 is 2.49 bits per heavy atom. The number of carbonyl (C=O) groups excluding carboxylic acids is 1. The predicted octanol–water partition coefficient (Wildman–Crippen LogP) is -2.71. The van der Waals surface area contributed by atoms with Gasteiger partial charge in [0.1, 0.15) is 54.0 Å². The Morgan fingerprint density at radius 1 is 1.11 bits per heavy atom. The highest BCUT2D eigenvalue weighted by Crippen LogP contribution is 2.58. The molecular weight excluding hydrogens is 678 g/mol. The second-order valence-corrected chi connectivity index (χ2v) is 13.0. The standard InChI is InChI=1S/C21H26N10O14P2/c22-16-11-19(26-6-25-16)31(7-27-11)21-15(35)13(33)10(44-21)5-42-47(39,40)45-46(37,38)41-4-9-12(32)14(34)20(43-9)30-3-1-2-8(17(23)36)18(30)28-29-24/h1-3,6-7,9-10,12-15,20-21,32-35H,4-5H2,(H5-,22,23,25,26,36,37,38,39,40)/t9-,10-,12-,13-,14-,15-,20-,21-/m1/s1. The molecule has 1 amide bonds. The van der Waals surface area contributed by atoms with Crippen LogP contribution in [0.15, 0.2) is 36.1 Å². The van der Waals surface area contributed by atoms with Gasteiger partial charge in [0.15, 0.2) is 17.7 Å². The molecule has 10 atom stereocenters. The summed E-state index contributed by atoms with van der Waals surface area (Å²) in [6, 6.07) is 2.51. The molecular formula is C21H26N10O14P2. The molecule has 2 aliphatic rings. The maximum absolute atomic E-state index is 12.4. The van der Waals surface area contributed by atoms with Gasteiger partial charge in [0.05, 0.1) is 25.7 Å². The van der Waals surface area contributed by atoms with Gasteiger partial charge < -0.3 is 55.7 Å². The highest BCUT2D eigenvalue weighted by atomic mass is 31.3. The number of fused-ring (bicyclic) bond motifs is 1. The largest absolute Gasteiger partial charge is 0.756 e. The SMILES string of the molecule is [N-]=[N+]=Nc1c(C(N)=O)ccc[n+]1[C@@H]1O[C@H](COP(=O)([O-])OP(=O)(O)OC[C@H]2O[C@@H](n3cnc4c(N)ncnc43)[C@H](O)[C@@H]2O)[C@@H](O)[C@H]1O. The van der Waals surface area contributed by atoms with Crippen molar-refractivity contribution in [3.63, 3.8) is 0 Å². The van der Waals surface area contributed by atoms with Gasteiger partial charge in [-0.05, 0) is 12.1 Å². The Hall–Kier alpha value is -3.70. The number of aliphatic hydroxyl groups is 4. The zero-order valence-electron chi connectivity index (χ0n) is 23.5. The fourth-order valence-corrected chi connectivity index (χ4v) is 6.87. The van der Waals surface area contributed by atoms with Crippen LogP contribution in [0.3, 0.4) is 0 Å². The third kappa shape index (κ3) is 7.11. The van der Waals surface area contributed by atoms with E-state index in [1.54, 1.807) is 0 Å². The van der Waals surface area contributed by atoms with Crippen molar-refractivity contribution in [2.75, 3.05) is 18.9 Å². The van der Waals surface area contributed by atoms with E-state index in [2.05, 4.69) is 38.3 Å². The number of hydrogen-bond acceptors (Lipinski definition) is 18. The Morgan fingerprint density at radius 2 is 1.79 bits per heavy atom. The van der Waals surface area contributed by atoms with Gasteiger partial charge in [0.25, 0.3) is 13.7 Å². The number of primary amides is 1. The maximum Gasteiger partial charge on any atom is 0.478 e. The van der Waals surface area contributed by atoms with E-state index in [0.29, 0.717) is 0 Å². The molecule has 2 unspecified atom stereocenters. The minimum atomic E-state index is -5.70. The van der Waals surface area contributed by atoms with Crippen LogP contribution in [0.25, 0.3) is 21.6 Å². The van der Waals surface area contributed by atoms with Crippen LogP contribution in [0.2, 0.25) is 0 Å². The Bertz CT molecular complexity index is 1810. The molecule has 3 aromatic rings. The van der Waals surface area contributed by atoms with Gasteiger partial charge in [-0.2, -0.15) is 4.57 Å². The number of phosphoric ester groups is 2. The first kappa shape index (κ1) is 34.6. The van der Waals surface area contributed by atoms with Crippen molar-refractivity contribution >= 4 is 44.4 Å². The Kier molecular flexibility index (Phi) is 9.89. The molecule has 47 heavy (non-hydrogen) atoms. The van der Waals surface area contributed by atoms with Crippen molar-refractivity contribution < 1.29 is 71.5 Å². The van der Waals surface area contributed by atoms with Crippen LogP contribution in [-0.2, 0) is 32.0 Å². The van der Waals surface area contributed by atoms with Crippen molar-refractivity contribution in [1.29, 1.82) is 0 Å². The molecule has 0 saturated carbocycles. The van der Waals surface area contributed by atoms with Crippen LogP contribution in [0, 0.1) is 0 Å². The molecule has 0 aromatic carbocycles. The van der Waals surface area contributed by atoms with Gasteiger partial charge in [0, 0.05) is 5.53 Å². The van der Waals surface area contributed by atoms with E-state index in [9.17, 15) is 44.1 Å². The highest BCUT2D eigenvalue weighted by Gasteiger charge is 2.49. The van der Waals surface area contributed by atoms with Crippen LogP contribution < -0.4 is 20.9 Å². The number of amides is 1. The molecule has 0 bridgehead atoms. The number of carbonyl (C=O) groups is 1. The third-order valence-electron chi connectivity index (χ3n) is 7.01. The van der Waals surface area contributed by atoms with E-state index in [1.807, 2.05) is 0 Å². The molecule has 5 rings (SSSR count). The van der Waals surface area contributed by atoms with E-state index in [0.717, 1.165) is 10.9 Å². The van der Waals surface area contributed by atoms with Crippen molar-refractivity contribution in [2.45, 2.75) is 49.1 Å². The Balaban J connectivity index is 1.19. The average molecular weight is 704 g/mol. The lowest BCUT2D eigenvalue weighted by molar-refractivity contribution is -0.754. The van der Waals surface area contributed by atoms with Gasteiger partial charge >= 0.3 is 18.8 Å². The molecule has 0 radical (unpaired) electrons. The van der Waals surface area contributed by atoms with Gasteiger partial charge in [0.2, 0.25) is 11.1 Å². The summed E-state index contributed by atoms with van der Waals surface area (Å²) in [4.78, 5) is 48.5. The monoisotopic (exact) mass is 704 g/mol. The summed E-state index contributed by atoms with van der Waals surface area (Å²) >= 11 is 0. The minimum Gasteiger partial charge on any atom is -0.756 e. The summed E-state index contributed by atoms with van der Waals surface area (Å²) in [5.41, 5.74) is 20.0. The van der Waals surface area contributed by atoms with Gasteiger partial charge in [-0.3, -0.25) is 18.5 Å². The molecule has 0 spiro atoms. The van der Waals surface area contributed by atoms with Gasteiger partial charge in [-0.1, -0.05) is 0 Å². The molecule has 24 nitrogen and oxygen atoms in total. The highest BCUT2D eigenvalue weighted by molar-refractivity contribution is 7.60. The van der Waals surface area contributed by atoms with Crippen LogP contribution in [0.4, 0.5) is 11.6 Å². The number of nitrogens with zero attached hydrogens (tertiary/aromatic N) is 8. The maximum atomic E-state index is 12.4. The summed E-state index contributed by atoms with van der Waals surface area (Å²) in [5, 5.41) is 45.3. The normalized spacial score (nSPS) is 30.1. The quantitative estimate of drug-likeness (QED) is 0.0331. The van der Waals surface area contributed by atoms with Crippen LogP contribution in [-0.4, -0.2) is 101 Å². The second-order valence-electron chi connectivity index (χ2n) is 9.97. The molecule has 5 heterocycles. The van der Waals surface area contributed by atoms with Gasteiger partial charge in [-0.15, -0.1) is 0 Å². The summed E-state index contributed by atoms with van der Waals surface area (Å²) in [5.74, 6) is -1.35. The van der Waals surface area contributed by atoms with Crippen LogP contribution in [0.5, 0.6) is 0 Å². The topological polar surface area (TPSA) is 370 Å². The van der Waals surface area contributed by atoms with Crippen LogP contribution >= 0.6 is 15.6 Å². The van der Waals surface area contributed by atoms with E-state index in [1.165, 1.54) is 29.2 Å². The zero-order chi connectivity index (χ0) is 34.3. The molecule has 2 fully saturated rings. The summed E-state index contributed by atoms with van der Waals surface area (Å²) in [6.07, 6.45) is -9.34. The molecule has 0 aliphatic carbocycles. The molecule has 9 N–H and O–H groups in total. The lowest BCUT2D eigenvalue weighted by Gasteiger charge is -2.26. The van der Waals surface area contributed by atoms with Crippen molar-refractivity contribution in [3.05, 3.63) is 47.0 Å². The average Bonchev–Trinajstić information content (AvgIpc) is 3.65. The van der Waals surface area contributed by atoms with E-state index in [4.69, 9.17) is 26.5 Å². The zero-order valence-corrected chi connectivity index (χ0v) is 25.2. The predicted molar refractivity (Wildman–Crippen MR) is 146 cm³/mol. The van der Waals surface area contributed by atoms with Crippen molar-refractivity contribution in [2.24, 2.45) is 10.8 Å². The van der Waals surface area contributed by atoms with Crippen molar-refractivity contribution in [3.8, 4) is 0 Å². The van der Waals surface area contributed by atoms with E-state index in [-0.39, 0.29) is 28.4 Å². The van der Waals surface area contributed by atoms with Crippen LogP contribution in [0.1, 0.15) is 22.8 Å². The first-order valence-electron chi connectivity index (χ1n) is 13.1. The summed E-state index contributed by atoms with van der Waals surface area (Å²) in [6.45, 7) is -2.02. The number of hydrogen-bond donors (Lipinski definition) is 7. The number of imidazole rings is 1. The lowest BCUT2D eigenvalue weighted by Crippen LogP contribution is -2.47. The summed E-state index contributed by atoms with van der Waals surface area (Å²) in [7, 11) is -11.2. The fraction of sp³-hybridized carbons (Fsp3) is 0.476. The number of azide groups is 1. The minimum absolute atomic E-state index is 0.0302. The molecule has 3 aromatic heterocycles. The van der Waals surface area contributed by atoms with E-state index >= 15 is 0 Å². The number of phosphoric acid groups is 2. The number of nitrogens with two attached hydrogens (primary N) is 2. The van der Waals surface area contributed by atoms with Crippen molar-refractivity contribution in [1.82, 2.24) is 19.5 Å². The Labute approximate surface area is 261 Å². The lowest BCUT2D eigenvalue weighted by atomic mass is 10.1. The van der Waals surface area contributed by atoms with Gasteiger partial charge in [-0.25, -0.2) is 23.8 Å². The first-order chi connectivity index (χ1) is 22.1. The smallest absolute Gasteiger partial charge is 0.478 e. The number of aromatic nitrogens is 5. The number of anilines is 1. The number of rotatable bonds is 12. The molecule has 2 saturated heterocycles. The number of pyridine rings is 1. The summed E-state index contributed by atoms with van der Waals surface area (Å²) < 4.78 is 51.4. The molecule has 26 heteroatoms.